The SMILES string of the molecule is Cc1c(CNc2ccc(N3CCC(O)CC3)c(C#N)c2)cc(C#N)n1C. The lowest BCUT2D eigenvalue weighted by molar-refractivity contribution is 0.145. The van der Waals surface area contributed by atoms with Crippen LogP contribution in [0.1, 0.15) is 35.4 Å². The fraction of sp³-hybridized carbons (Fsp3) is 0.400. The van der Waals surface area contributed by atoms with Gasteiger partial charge in [0, 0.05) is 38.1 Å². The molecule has 0 amide bonds. The van der Waals surface area contributed by atoms with E-state index in [4.69, 9.17) is 5.26 Å². The van der Waals surface area contributed by atoms with Crippen molar-refractivity contribution >= 4 is 11.4 Å². The van der Waals surface area contributed by atoms with Crippen LogP contribution in [-0.4, -0.2) is 28.9 Å². The Morgan fingerprint density at radius 3 is 2.54 bits per heavy atom. The largest absolute Gasteiger partial charge is 0.393 e. The van der Waals surface area contributed by atoms with Crippen molar-refractivity contribution in [2.75, 3.05) is 23.3 Å². The highest BCUT2D eigenvalue weighted by atomic mass is 16.3. The van der Waals surface area contributed by atoms with Crippen LogP contribution < -0.4 is 10.2 Å². The molecule has 0 aliphatic carbocycles. The summed E-state index contributed by atoms with van der Waals surface area (Å²) in [5, 5.41) is 31.7. The number of anilines is 2. The highest BCUT2D eigenvalue weighted by Gasteiger charge is 2.19. The Bertz CT molecular complexity index is 879. The van der Waals surface area contributed by atoms with Crippen molar-refractivity contribution in [3.63, 3.8) is 0 Å². The van der Waals surface area contributed by atoms with Crippen molar-refractivity contribution in [2.24, 2.45) is 7.05 Å². The molecule has 0 atom stereocenters. The first kappa shape index (κ1) is 17.8. The summed E-state index contributed by atoms with van der Waals surface area (Å²) in [6, 6.07) is 12.2. The molecule has 0 saturated carbocycles. The van der Waals surface area contributed by atoms with Gasteiger partial charge in [0.1, 0.15) is 17.8 Å². The summed E-state index contributed by atoms with van der Waals surface area (Å²) < 4.78 is 1.88. The fourth-order valence-electron chi connectivity index (χ4n) is 3.36. The van der Waals surface area contributed by atoms with Gasteiger partial charge in [-0.3, -0.25) is 0 Å². The second-order valence-electron chi connectivity index (χ2n) is 6.73. The van der Waals surface area contributed by atoms with Gasteiger partial charge in [-0.2, -0.15) is 10.5 Å². The first-order valence-electron chi connectivity index (χ1n) is 8.79. The van der Waals surface area contributed by atoms with Crippen molar-refractivity contribution < 1.29 is 5.11 Å². The van der Waals surface area contributed by atoms with E-state index in [9.17, 15) is 10.4 Å². The zero-order chi connectivity index (χ0) is 18.7. The minimum Gasteiger partial charge on any atom is -0.393 e. The van der Waals surface area contributed by atoms with Crippen molar-refractivity contribution in [3.05, 3.63) is 46.8 Å². The molecular formula is C20H23N5O. The molecule has 1 saturated heterocycles. The topological polar surface area (TPSA) is 88.0 Å². The molecule has 1 aliphatic rings. The summed E-state index contributed by atoms with van der Waals surface area (Å²) in [4.78, 5) is 2.16. The highest BCUT2D eigenvalue weighted by Crippen LogP contribution is 2.27. The lowest BCUT2D eigenvalue weighted by Crippen LogP contribution is -2.36. The van der Waals surface area contributed by atoms with E-state index in [1.165, 1.54) is 0 Å². The van der Waals surface area contributed by atoms with E-state index in [1.807, 2.05) is 42.8 Å². The van der Waals surface area contributed by atoms with E-state index >= 15 is 0 Å². The van der Waals surface area contributed by atoms with Crippen LogP contribution in [0.4, 0.5) is 11.4 Å². The Balaban J connectivity index is 1.74. The first-order chi connectivity index (χ1) is 12.5. The van der Waals surface area contributed by atoms with E-state index in [-0.39, 0.29) is 6.10 Å². The Labute approximate surface area is 153 Å². The van der Waals surface area contributed by atoms with E-state index in [0.717, 1.165) is 48.6 Å². The van der Waals surface area contributed by atoms with Gasteiger partial charge in [-0.1, -0.05) is 0 Å². The molecule has 6 heteroatoms. The summed E-state index contributed by atoms with van der Waals surface area (Å²) in [7, 11) is 1.88. The van der Waals surface area contributed by atoms with Gasteiger partial charge in [0.2, 0.25) is 0 Å². The maximum Gasteiger partial charge on any atom is 0.120 e. The van der Waals surface area contributed by atoms with Crippen LogP contribution in [0.3, 0.4) is 0 Å². The van der Waals surface area contributed by atoms with Gasteiger partial charge < -0.3 is 19.9 Å². The zero-order valence-electron chi connectivity index (χ0n) is 15.2. The predicted molar refractivity (Wildman–Crippen MR) is 101 cm³/mol. The number of benzene rings is 1. The Morgan fingerprint density at radius 2 is 1.92 bits per heavy atom. The number of nitriles is 2. The normalized spacial score (nSPS) is 14.7. The summed E-state index contributed by atoms with van der Waals surface area (Å²) in [5.74, 6) is 0. The molecule has 0 spiro atoms. The molecule has 1 fully saturated rings. The summed E-state index contributed by atoms with van der Waals surface area (Å²) in [5.41, 5.74) is 5.19. The number of aromatic nitrogens is 1. The highest BCUT2D eigenvalue weighted by molar-refractivity contribution is 5.65. The van der Waals surface area contributed by atoms with Crippen LogP contribution in [-0.2, 0) is 13.6 Å². The van der Waals surface area contributed by atoms with Crippen LogP contribution >= 0.6 is 0 Å². The minimum atomic E-state index is -0.231. The molecule has 2 aromatic rings. The van der Waals surface area contributed by atoms with E-state index < -0.39 is 0 Å². The van der Waals surface area contributed by atoms with Gasteiger partial charge in [-0.25, -0.2) is 0 Å². The van der Waals surface area contributed by atoms with Crippen molar-refractivity contribution in [1.82, 2.24) is 4.57 Å². The zero-order valence-corrected chi connectivity index (χ0v) is 15.2. The van der Waals surface area contributed by atoms with E-state index in [2.05, 4.69) is 22.4 Å². The number of nitrogens with zero attached hydrogens (tertiary/aromatic N) is 4. The number of aliphatic hydroxyl groups is 1. The van der Waals surface area contributed by atoms with Gasteiger partial charge in [0.05, 0.1) is 17.4 Å². The van der Waals surface area contributed by atoms with Crippen molar-refractivity contribution in [3.8, 4) is 12.1 Å². The summed E-state index contributed by atoms with van der Waals surface area (Å²) >= 11 is 0. The quantitative estimate of drug-likeness (QED) is 0.886. The van der Waals surface area contributed by atoms with Crippen LogP contribution in [0.25, 0.3) is 0 Å². The number of nitrogens with one attached hydrogen (secondary N) is 1. The lowest BCUT2D eigenvalue weighted by Gasteiger charge is -2.32. The number of rotatable bonds is 4. The third kappa shape index (κ3) is 3.51. The maximum absolute atomic E-state index is 9.66. The van der Waals surface area contributed by atoms with Crippen LogP contribution in [0, 0.1) is 29.6 Å². The summed E-state index contributed by atoms with van der Waals surface area (Å²) in [6.07, 6.45) is 1.24. The average Bonchev–Trinajstić information content (AvgIpc) is 2.94. The molecule has 0 bridgehead atoms. The van der Waals surface area contributed by atoms with Crippen LogP contribution in [0.15, 0.2) is 24.3 Å². The number of hydrogen-bond acceptors (Lipinski definition) is 5. The number of piperidine rings is 1. The lowest BCUT2D eigenvalue weighted by atomic mass is 10.0. The first-order valence-corrected chi connectivity index (χ1v) is 8.79. The average molecular weight is 349 g/mol. The minimum absolute atomic E-state index is 0.231. The molecule has 6 nitrogen and oxygen atoms in total. The monoisotopic (exact) mass is 349 g/mol. The molecule has 0 unspecified atom stereocenters. The Kier molecular flexibility index (Phi) is 5.16. The third-order valence-electron chi connectivity index (χ3n) is 5.16. The van der Waals surface area contributed by atoms with Crippen molar-refractivity contribution in [2.45, 2.75) is 32.4 Å². The molecule has 1 aromatic carbocycles. The molecule has 2 N–H and O–H groups in total. The van der Waals surface area contributed by atoms with Gasteiger partial charge in [0.25, 0.3) is 0 Å². The smallest absolute Gasteiger partial charge is 0.120 e. The van der Waals surface area contributed by atoms with Gasteiger partial charge in [-0.15, -0.1) is 0 Å². The fourth-order valence-corrected chi connectivity index (χ4v) is 3.36. The Morgan fingerprint density at radius 1 is 1.19 bits per heavy atom. The second-order valence-corrected chi connectivity index (χ2v) is 6.73. The van der Waals surface area contributed by atoms with Gasteiger partial charge in [0.15, 0.2) is 0 Å². The maximum atomic E-state index is 9.66. The second kappa shape index (κ2) is 7.51. The predicted octanol–water partition coefficient (Wildman–Crippen LogP) is 2.65. The van der Waals surface area contributed by atoms with Gasteiger partial charge >= 0.3 is 0 Å². The molecule has 0 radical (unpaired) electrons. The number of hydrogen-bond donors (Lipinski definition) is 2. The molecular weight excluding hydrogens is 326 g/mol. The Hall–Kier alpha value is -2.96. The standard InChI is InChI=1S/C20H23N5O/c1-14-16(10-18(12-22)24(14)2)13-23-17-3-4-20(15(9-17)11-21)25-7-5-19(26)6-8-25/h3-4,9-10,19,23,26H,5-8,13H2,1-2H3. The van der Waals surface area contributed by atoms with Crippen molar-refractivity contribution in [1.29, 1.82) is 10.5 Å². The molecule has 134 valence electrons. The molecule has 26 heavy (non-hydrogen) atoms. The van der Waals surface area contributed by atoms with E-state index in [0.29, 0.717) is 17.8 Å². The summed E-state index contributed by atoms with van der Waals surface area (Å²) in [6.45, 7) is 4.12. The molecule has 2 heterocycles. The number of aliphatic hydroxyl groups excluding tert-OH is 1. The third-order valence-corrected chi connectivity index (χ3v) is 5.16. The van der Waals surface area contributed by atoms with Crippen LogP contribution in [0.2, 0.25) is 0 Å². The van der Waals surface area contributed by atoms with Crippen LogP contribution in [0.5, 0.6) is 0 Å². The molecule has 1 aromatic heterocycles. The van der Waals surface area contributed by atoms with Gasteiger partial charge in [-0.05, 0) is 49.6 Å². The van der Waals surface area contributed by atoms with E-state index in [1.54, 1.807) is 0 Å². The molecule has 1 aliphatic heterocycles. The molecule has 3 rings (SSSR count).